The maximum Gasteiger partial charge on any atom is 0.135 e. The van der Waals surface area contributed by atoms with Crippen molar-refractivity contribution in [3.05, 3.63) is 35.4 Å². The van der Waals surface area contributed by atoms with Crippen LogP contribution in [-0.4, -0.2) is 12.4 Å². The highest BCUT2D eigenvalue weighted by molar-refractivity contribution is 5.79. The molecule has 0 saturated heterocycles. The van der Waals surface area contributed by atoms with Gasteiger partial charge >= 0.3 is 0 Å². The average molecular weight is 286 g/mol. The Balaban J connectivity index is 1.51. The third-order valence-corrected chi connectivity index (χ3v) is 5.06. The zero-order chi connectivity index (χ0) is 14.5. The summed E-state index contributed by atoms with van der Waals surface area (Å²) in [6.45, 7) is 0.748. The van der Waals surface area contributed by atoms with Gasteiger partial charge in [-0.2, -0.15) is 0 Å². The summed E-state index contributed by atoms with van der Waals surface area (Å²) in [5.41, 5.74) is 2.59. The van der Waals surface area contributed by atoms with E-state index in [2.05, 4.69) is 18.2 Å². The van der Waals surface area contributed by atoms with E-state index < -0.39 is 0 Å². The van der Waals surface area contributed by atoms with Gasteiger partial charge in [-0.3, -0.25) is 4.79 Å². The highest BCUT2D eigenvalue weighted by Gasteiger charge is 2.23. The summed E-state index contributed by atoms with van der Waals surface area (Å²) in [6.07, 6.45) is 10.1. The molecule has 1 fully saturated rings. The summed E-state index contributed by atoms with van der Waals surface area (Å²) < 4.78 is 5.85. The summed E-state index contributed by atoms with van der Waals surface area (Å²) in [5, 5.41) is 0. The van der Waals surface area contributed by atoms with Gasteiger partial charge in [0.15, 0.2) is 0 Å². The van der Waals surface area contributed by atoms with Crippen LogP contribution in [0.1, 0.15) is 68.6 Å². The van der Waals surface area contributed by atoms with Crippen molar-refractivity contribution in [2.45, 2.75) is 63.9 Å². The maximum absolute atomic E-state index is 12.3. The monoisotopic (exact) mass is 286 g/mol. The molecule has 0 amide bonds. The van der Waals surface area contributed by atoms with Gasteiger partial charge in [-0.05, 0) is 29.9 Å². The van der Waals surface area contributed by atoms with Gasteiger partial charge in [0.2, 0.25) is 0 Å². The number of carbonyl (C=O) groups is 1. The minimum Gasteiger partial charge on any atom is -0.373 e. The first-order valence-electron chi connectivity index (χ1n) is 8.54. The molecular weight excluding hydrogens is 260 g/mol. The van der Waals surface area contributed by atoms with E-state index in [9.17, 15) is 4.79 Å². The lowest BCUT2D eigenvalue weighted by Crippen LogP contribution is -2.19. The van der Waals surface area contributed by atoms with Gasteiger partial charge in [-0.15, -0.1) is 0 Å². The molecule has 1 aromatic carbocycles. The fourth-order valence-corrected chi connectivity index (χ4v) is 3.80. The van der Waals surface area contributed by atoms with Gasteiger partial charge in [0, 0.05) is 12.8 Å². The predicted octanol–water partition coefficient (Wildman–Crippen LogP) is 4.62. The van der Waals surface area contributed by atoms with Crippen LogP contribution in [0.2, 0.25) is 0 Å². The summed E-state index contributed by atoms with van der Waals surface area (Å²) in [4.78, 5) is 12.3. The van der Waals surface area contributed by atoms with E-state index in [4.69, 9.17) is 4.74 Å². The van der Waals surface area contributed by atoms with E-state index in [0.717, 1.165) is 31.8 Å². The van der Waals surface area contributed by atoms with Crippen molar-refractivity contribution in [3.8, 4) is 0 Å². The van der Waals surface area contributed by atoms with E-state index in [1.54, 1.807) is 0 Å². The molecule has 0 aromatic heterocycles. The third-order valence-electron chi connectivity index (χ3n) is 5.06. The Bertz CT molecular complexity index is 474. The highest BCUT2D eigenvalue weighted by atomic mass is 16.5. The van der Waals surface area contributed by atoms with Crippen molar-refractivity contribution in [2.24, 2.45) is 5.92 Å². The predicted molar refractivity (Wildman–Crippen MR) is 84.3 cm³/mol. The first-order valence-corrected chi connectivity index (χ1v) is 8.54. The molecule has 0 radical (unpaired) electrons. The summed E-state index contributed by atoms with van der Waals surface area (Å²) >= 11 is 0. The van der Waals surface area contributed by atoms with Crippen LogP contribution >= 0.6 is 0 Å². The zero-order valence-corrected chi connectivity index (χ0v) is 12.9. The molecular formula is C19H26O2. The molecule has 1 aliphatic carbocycles. The molecule has 114 valence electrons. The van der Waals surface area contributed by atoms with Crippen LogP contribution in [0.25, 0.3) is 0 Å². The van der Waals surface area contributed by atoms with E-state index in [1.807, 2.05) is 6.07 Å². The number of hydrogen-bond acceptors (Lipinski definition) is 2. The lowest BCUT2D eigenvalue weighted by molar-refractivity contribution is -0.122. The Morgan fingerprint density at radius 1 is 1.14 bits per heavy atom. The quantitative estimate of drug-likeness (QED) is 0.789. The van der Waals surface area contributed by atoms with Gasteiger partial charge in [-0.25, -0.2) is 0 Å². The minimum atomic E-state index is -0.00574. The van der Waals surface area contributed by atoms with Crippen LogP contribution in [0, 0.1) is 5.92 Å². The fourth-order valence-electron chi connectivity index (χ4n) is 3.80. The Morgan fingerprint density at radius 3 is 2.81 bits per heavy atom. The number of benzene rings is 1. The van der Waals surface area contributed by atoms with Gasteiger partial charge in [0.1, 0.15) is 5.78 Å². The standard InChI is InChI=1S/C19H26O2/c20-17(11-10-15-6-2-1-3-7-15)14-19-18-9-5-4-8-16(18)12-13-21-19/h4-5,8-9,15,19H,1-3,6-7,10-14H2. The highest BCUT2D eigenvalue weighted by Crippen LogP contribution is 2.31. The topological polar surface area (TPSA) is 26.3 Å². The number of ketones is 1. The molecule has 2 aliphatic rings. The van der Waals surface area contributed by atoms with Crippen molar-refractivity contribution in [2.75, 3.05) is 6.61 Å². The normalized spacial score (nSPS) is 22.8. The molecule has 0 bridgehead atoms. The SMILES string of the molecule is O=C(CCC1CCCCC1)CC1OCCc2ccccc21. The van der Waals surface area contributed by atoms with Gasteiger partial charge in [-0.1, -0.05) is 56.4 Å². The Hall–Kier alpha value is -1.15. The lowest BCUT2D eigenvalue weighted by Gasteiger charge is -2.26. The molecule has 21 heavy (non-hydrogen) atoms. The number of Topliss-reactive ketones (excluding diaryl/α,β-unsaturated/α-hetero) is 1. The number of hydrogen-bond donors (Lipinski definition) is 0. The molecule has 3 rings (SSSR count). The maximum atomic E-state index is 12.3. The molecule has 1 saturated carbocycles. The molecule has 1 aliphatic heterocycles. The van der Waals surface area contributed by atoms with Crippen LogP contribution in [0.3, 0.4) is 0 Å². The van der Waals surface area contributed by atoms with E-state index in [0.29, 0.717) is 12.2 Å². The van der Waals surface area contributed by atoms with Crippen LogP contribution in [0.4, 0.5) is 0 Å². The minimum absolute atomic E-state index is 0.00574. The van der Waals surface area contributed by atoms with Crippen molar-refractivity contribution in [1.29, 1.82) is 0 Å². The van der Waals surface area contributed by atoms with Crippen LogP contribution in [0.5, 0.6) is 0 Å². The molecule has 1 unspecified atom stereocenters. The summed E-state index contributed by atoms with van der Waals surface area (Å²) in [7, 11) is 0. The number of carbonyl (C=O) groups excluding carboxylic acids is 1. The van der Waals surface area contributed by atoms with Crippen LogP contribution in [-0.2, 0) is 16.0 Å². The fraction of sp³-hybridized carbons (Fsp3) is 0.632. The summed E-state index contributed by atoms with van der Waals surface area (Å²) in [6, 6.07) is 8.41. The van der Waals surface area contributed by atoms with Crippen molar-refractivity contribution >= 4 is 5.78 Å². The molecule has 0 N–H and O–H groups in total. The second kappa shape index (κ2) is 7.22. The molecule has 0 spiro atoms. The van der Waals surface area contributed by atoms with Crippen molar-refractivity contribution in [3.63, 3.8) is 0 Å². The molecule has 2 heteroatoms. The third kappa shape index (κ3) is 3.94. The largest absolute Gasteiger partial charge is 0.373 e. The molecule has 1 atom stereocenters. The second-order valence-corrected chi connectivity index (χ2v) is 6.59. The van der Waals surface area contributed by atoms with Gasteiger partial charge in [0.25, 0.3) is 0 Å². The zero-order valence-electron chi connectivity index (χ0n) is 12.9. The second-order valence-electron chi connectivity index (χ2n) is 6.59. The van der Waals surface area contributed by atoms with Crippen molar-refractivity contribution < 1.29 is 9.53 Å². The van der Waals surface area contributed by atoms with E-state index in [-0.39, 0.29) is 6.10 Å². The van der Waals surface area contributed by atoms with Crippen LogP contribution < -0.4 is 0 Å². The van der Waals surface area contributed by atoms with Crippen LogP contribution in [0.15, 0.2) is 24.3 Å². The smallest absolute Gasteiger partial charge is 0.135 e. The average Bonchev–Trinajstić information content (AvgIpc) is 2.54. The Morgan fingerprint density at radius 2 is 1.95 bits per heavy atom. The number of ether oxygens (including phenoxy) is 1. The van der Waals surface area contributed by atoms with Gasteiger partial charge in [0.05, 0.1) is 12.7 Å². The lowest BCUT2D eigenvalue weighted by atomic mass is 9.85. The molecule has 2 nitrogen and oxygen atoms in total. The molecule has 1 heterocycles. The Kier molecular flexibility index (Phi) is 5.08. The van der Waals surface area contributed by atoms with Crippen molar-refractivity contribution in [1.82, 2.24) is 0 Å². The van der Waals surface area contributed by atoms with E-state index in [1.165, 1.54) is 43.2 Å². The first kappa shape index (κ1) is 14.8. The number of fused-ring (bicyclic) bond motifs is 1. The Labute approximate surface area is 127 Å². The molecule has 1 aromatic rings. The van der Waals surface area contributed by atoms with E-state index >= 15 is 0 Å². The first-order chi connectivity index (χ1) is 10.3. The van der Waals surface area contributed by atoms with Gasteiger partial charge < -0.3 is 4.74 Å². The summed E-state index contributed by atoms with van der Waals surface area (Å²) in [5.74, 6) is 1.17. The number of rotatable bonds is 5.